The van der Waals surface area contributed by atoms with Crippen LogP contribution in [0.25, 0.3) is 0 Å². The molecule has 0 bridgehead atoms. The largest absolute Gasteiger partial charge is 0.466 e. The van der Waals surface area contributed by atoms with Crippen molar-refractivity contribution in [2.75, 3.05) is 13.7 Å². The summed E-state index contributed by atoms with van der Waals surface area (Å²) in [7, 11) is -2.20. The van der Waals surface area contributed by atoms with Crippen LogP contribution < -0.4 is 4.72 Å². The summed E-state index contributed by atoms with van der Waals surface area (Å²) in [6.45, 7) is 2.12. The van der Waals surface area contributed by atoms with Gasteiger partial charge in [-0.3, -0.25) is 0 Å². The minimum absolute atomic E-state index is 0.226. The van der Waals surface area contributed by atoms with Gasteiger partial charge in [0, 0.05) is 12.6 Å². The molecular formula is C13H17NO4S. The molecular weight excluding hydrogens is 266 g/mol. The van der Waals surface area contributed by atoms with Gasteiger partial charge in [0.25, 0.3) is 0 Å². The summed E-state index contributed by atoms with van der Waals surface area (Å²) in [4.78, 5) is 11.0. The third-order valence-corrected chi connectivity index (χ3v) is 3.87. The maximum atomic E-state index is 11.9. The average molecular weight is 283 g/mol. The van der Waals surface area contributed by atoms with Gasteiger partial charge in [-0.15, -0.1) is 0 Å². The predicted octanol–water partition coefficient (Wildman–Crippen LogP) is 1.39. The molecule has 0 saturated carbocycles. The highest BCUT2D eigenvalue weighted by Gasteiger charge is 2.11. The number of aryl methyl sites for hydroxylation is 1. The second-order valence-corrected chi connectivity index (χ2v) is 5.69. The lowest BCUT2D eigenvalue weighted by atomic mass is 10.2. The molecule has 0 atom stereocenters. The van der Waals surface area contributed by atoms with Gasteiger partial charge in [0.05, 0.1) is 12.0 Å². The van der Waals surface area contributed by atoms with Crippen LogP contribution >= 0.6 is 0 Å². The van der Waals surface area contributed by atoms with Crippen molar-refractivity contribution < 1.29 is 17.9 Å². The quantitative estimate of drug-likeness (QED) is 0.486. The van der Waals surface area contributed by atoms with Gasteiger partial charge in [-0.2, -0.15) is 0 Å². The Morgan fingerprint density at radius 2 is 1.95 bits per heavy atom. The second kappa shape index (κ2) is 7.06. The number of benzene rings is 1. The van der Waals surface area contributed by atoms with Crippen LogP contribution in [-0.4, -0.2) is 28.0 Å². The zero-order valence-corrected chi connectivity index (χ0v) is 11.7. The van der Waals surface area contributed by atoms with E-state index < -0.39 is 16.0 Å². The number of ether oxygens (including phenoxy) is 1. The summed E-state index contributed by atoms with van der Waals surface area (Å²) in [6.07, 6.45) is 3.24. The minimum Gasteiger partial charge on any atom is -0.466 e. The second-order valence-electron chi connectivity index (χ2n) is 3.93. The molecule has 6 heteroatoms. The zero-order valence-electron chi connectivity index (χ0n) is 10.9. The van der Waals surface area contributed by atoms with Crippen LogP contribution in [0.2, 0.25) is 0 Å². The first-order valence-electron chi connectivity index (χ1n) is 5.76. The number of hydrogen-bond donors (Lipinski definition) is 1. The lowest BCUT2D eigenvalue weighted by Crippen LogP contribution is -2.24. The van der Waals surface area contributed by atoms with Crippen molar-refractivity contribution in [3.05, 3.63) is 42.0 Å². The molecule has 0 aromatic heterocycles. The molecule has 104 valence electrons. The number of hydrogen-bond acceptors (Lipinski definition) is 4. The first-order valence-corrected chi connectivity index (χ1v) is 7.25. The molecule has 0 unspecified atom stereocenters. The van der Waals surface area contributed by atoms with Gasteiger partial charge >= 0.3 is 5.97 Å². The smallest absolute Gasteiger partial charge is 0.330 e. The highest BCUT2D eigenvalue weighted by Crippen LogP contribution is 2.09. The summed E-state index contributed by atoms with van der Waals surface area (Å²) in [6, 6.07) is 6.60. The molecule has 0 saturated heterocycles. The topological polar surface area (TPSA) is 72.5 Å². The standard InChI is InChI=1S/C13H17NO4S/c1-11-6-8-12(9-7-11)19(16,17)14-10-4-3-5-13(15)18-2/h3,5-9,14H,4,10H2,1-2H3/b5-3+. The van der Waals surface area contributed by atoms with Gasteiger partial charge in [-0.1, -0.05) is 23.8 Å². The molecule has 1 N–H and O–H groups in total. The number of nitrogens with one attached hydrogen (secondary N) is 1. The van der Waals surface area contributed by atoms with Crippen molar-refractivity contribution >= 4 is 16.0 Å². The Kier molecular flexibility index (Phi) is 5.72. The molecule has 0 radical (unpaired) electrons. The van der Waals surface area contributed by atoms with Gasteiger partial charge in [0.1, 0.15) is 0 Å². The average Bonchev–Trinajstić information content (AvgIpc) is 2.38. The Bertz CT molecular complexity index is 547. The summed E-state index contributed by atoms with van der Waals surface area (Å²) in [5.41, 5.74) is 1.000. The number of carbonyl (C=O) groups excluding carboxylic acids is 1. The Morgan fingerprint density at radius 3 is 2.53 bits per heavy atom. The molecule has 0 aliphatic rings. The van der Waals surface area contributed by atoms with E-state index in [1.54, 1.807) is 30.3 Å². The van der Waals surface area contributed by atoms with Crippen molar-refractivity contribution in [1.29, 1.82) is 0 Å². The van der Waals surface area contributed by atoms with E-state index in [1.807, 2.05) is 6.92 Å². The van der Waals surface area contributed by atoms with Crippen molar-refractivity contribution in [3.63, 3.8) is 0 Å². The van der Waals surface area contributed by atoms with Crippen LogP contribution in [0.15, 0.2) is 41.3 Å². The fraction of sp³-hybridized carbons (Fsp3) is 0.308. The van der Waals surface area contributed by atoms with Crippen LogP contribution in [0.5, 0.6) is 0 Å². The van der Waals surface area contributed by atoms with E-state index in [9.17, 15) is 13.2 Å². The van der Waals surface area contributed by atoms with E-state index in [4.69, 9.17) is 0 Å². The first-order chi connectivity index (χ1) is 8.95. The molecule has 5 nitrogen and oxygen atoms in total. The summed E-state index contributed by atoms with van der Waals surface area (Å²) >= 11 is 0. The number of methoxy groups -OCH3 is 1. The van der Waals surface area contributed by atoms with E-state index in [1.165, 1.54) is 13.2 Å². The van der Waals surface area contributed by atoms with Crippen molar-refractivity contribution in [2.45, 2.75) is 18.2 Å². The first kappa shape index (κ1) is 15.4. The van der Waals surface area contributed by atoms with Gasteiger partial charge in [-0.05, 0) is 25.5 Å². The van der Waals surface area contributed by atoms with E-state index >= 15 is 0 Å². The molecule has 1 aromatic rings. The van der Waals surface area contributed by atoms with Crippen LogP contribution in [-0.2, 0) is 19.6 Å². The molecule has 0 heterocycles. The van der Waals surface area contributed by atoms with Gasteiger partial charge in [-0.25, -0.2) is 17.9 Å². The highest BCUT2D eigenvalue weighted by atomic mass is 32.2. The fourth-order valence-corrected chi connectivity index (χ4v) is 2.37. The fourth-order valence-electron chi connectivity index (χ4n) is 1.32. The normalized spacial score (nSPS) is 11.7. The third kappa shape index (κ3) is 5.23. The lowest BCUT2D eigenvalue weighted by Gasteiger charge is -2.05. The molecule has 0 aliphatic carbocycles. The molecule has 1 aromatic carbocycles. The van der Waals surface area contributed by atoms with Crippen LogP contribution in [0.4, 0.5) is 0 Å². The third-order valence-electron chi connectivity index (χ3n) is 2.39. The van der Waals surface area contributed by atoms with Crippen LogP contribution in [0.1, 0.15) is 12.0 Å². The predicted molar refractivity (Wildman–Crippen MR) is 72.1 cm³/mol. The minimum atomic E-state index is -3.48. The van der Waals surface area contributed by atoms with Crippen LogP contribution in [0, 0.1) is 6.92 Å². The Balaban J connectivity index is 2.50. The summed E-state index contributed by atoms with van der Waals surface area (Å²) in [5.74, 6) is -0.457. The number of sulfonamides is 1. The Morgan fingerprint density at radius 1 is 1.32 bits per heavy atom. The number of carbonyl (C=O) groups is 1. The molecule has 0 spiro atoms. The van der Waals surface area contributed by atoms with Gasteiger partial charge in [0.15, 0.2) is 0 Å². The molecule has 19 heavy (non-hydrogen) atoms. The monoisotopic (exact) mass is 283 g/mol. The number of esters is 1. The van der Waals surface area contributed by atoms with E-state index in [2.05, 4.69) is 9.46 Å². The van der Waals surface area contributed by atoms with Crippen LogP contribution in [0.3, 0.4) is 0 Å². The van der Waals surface area contributed by atoms with E-state index in [0.717, 1.165) is 5.56 Å². The Hall–Kier alpha value is -1.66. The molecule has 0 fully saturated rings. The lowest BCUT2D eigenvalue weighted by molar-refractivity contribution is -0.134. The summed E-state index contributed by atoms with van der Waals surface area (Å²) in [5, 5.41) is 0. The summed E-state index contributed by atoms with van der Waals surface area (Å²) < 4.78 is 30.6. The SMILES string of the molecule is COC(=O)/C=C/CCNS(=O)(=O)c1ccc(C)cc1. The van der Waals surface area contributed by atoms with Crippen molar-refractivity contribution in [1.82, 2.24) is 4.72 Å². The molecule has 1 rings (SSSR count). The van der Waals surface area contributed by atoms with E-state index in [-0.39, 0.29) is 11.4 Å². The molecule has 0 amide bonds. The highest BCUT2D eigenvalue weighted by molar-refractivity contribution is 7.89. The maximum Gasteiger partial charge on any atom is 0.330 e. The van der Waals surface area contributed by atoms with Gasteiger partial charge in [0.2, 0.25) is 10.0 Å². The molecule has 0 aliphatic heterocycles. The Labute approximate surface area is 113 Å². The zero-order chi connectivity index (χ0) is 14.3. The maximum absolute atomic E-state index is 11.9. The van der Waals surface area contributed by atoms with Crippen molar-refractivity contribution in [2.24, 2.45) is 0 Å². The van der Waals surface area contributed by atoms with E-state index in [0.29, 0.717) is 6.42 Å². The number of rotatable bonds is 6. The van der Waals surface area contributed by atoms with Gasteiger partial charge < -0.3 is 4.74 Å². The van der Waals surface area contributed by atoms with Crippen molar-refractivity contribution in [3.8, 4) is 0 Å².